The fraction of sp³-hybridized carbons (Fsp3) is 0.273. The molecule has 0 bridgehead atoms. The topological polar surface area (TPSA) is 40.5 Å². The molecule has 1 aromatic rings. The van der Waals surface area contributed by atoms with Crippen LogP contribution in [-0.2, 0) is 0 Å². The smallest absolute Gasteiger partial charge is 0.295 e. The molecule has 1 rings (SSSR count). The number of alkyl halides is 2. The van der Waals surface area contributed by atoms with E-state index in [4.69, 9.17) is 5.11 Å². The van der Waals surface area contributed by atoms with Crippen molar-refractivity contribution in [2.24, 2.45) is 0 Å². The molecule has 15 heavy (non-hydrogen) atoms. The first-order valence-corrected chi connectivity index (χ1v) is 4.47. The third-order valence-electron chi connectivity index (χ3n) is 1.93. The second kappa shape index (κ2) is 5.00. The zero-order valence-corrected chi connectivity index (χ0v) is 7.98. The molecule has 0 aliphatic rings. The van der Waals surface area contributed by atoms with Crippen molar-refractivity contribution in [2.45, 2.75) is 12.0 Å². The third kappa shape index (κ3) is 3.11. The van der Waals surface area contributed by atoms with Crippen LogP contribution in [0.3, 0.4) is 0 Å². The highest BCUT2D eigenvalue weighted by Gasteiger charge is 2.36. The summed E-state index contributed by atoms with van der Waals surface area (Å²) in [5.74, 6) is -3.37. The van der Waals surface area contributed by atoms with E-state index in [1.165, 1.54) is 12.1 Å². The van der Waals surface area contributed by atoms with Gasteiger partial charge in [0.05, 0.1) is 6.61 Å². The number of aliphatic hydroxyl groups excluding tert-OH is 2. The molecule has 0 heterocycles. The molecule has 0 radical (unpaired) electrons. The third-order valence-corrected chi connectivity index (χ3v) is 1.93. The first-order valence-electron chi connectivity index (χ1n) is 4.47. The molecule has 0 aromatic heterocycles. The molecule has 0 aliphatic heterocycles. The van der Waals surface area contributed by atoms with E-state index < -0.39 is 18.6 Å². The van der Waals surface area contributed by atoms with Crippen LogP contribution in [0.2, 0.25) is 0 Å². The lowest BCUT2D eigenvalue weighted by atomic mass is 10.0. The molecule has 82 valence electrons. The highest BCUT2D eigenvalue weighted by Crippen LogP contribution is 2.32. The van der Waals surface area contributed by atoms with Crippen molar-refractivity contribution in [1.29, 1.82) is 0 Å². The first kappa shape index (κ1) is 11.8. The van der Waals surface area contributed by atoms with Crippen molar-refractivity contribution in [3.05, 3.63) is 48.0 Å². The van der Waals surface area contributed by atoms with Gasteiger partial charge >= 0.3 is 0 Å². The molecule has 0 amide bonds. The number of benzene rings is 1. The molecule has 0 saturated heterocycles. The van der Waals surface area contributed by atoms with Crippen LogP contribution in [0.5, 0.6) is 0 Å². The van der Waals surface area contributed by atoms with E-state index in [1.807, 2.05) is 0 Å². The number of hydrogen-bond donors (Lipinski definition) is 2. The summed E-state index contributed by atoms with van der Waals surface area (Å²) in [5, 5.41) is 17.8. The molecule has 2 N–H and O–H groups in total. The molecule has 4 heteroatoms. The van der Waals surface area contributed by atoms with Crippen LogP contribution in [0.25, 0.3) is 0 Å². The lowest BCUT2D eigenvalue weighted by molar-refractivity contribution is -0.0718. The van der Waals surface area contributed by atoms with Gasteiger partial charge in [0.25, 0.3) is 5.92 Å². The second-order valence-electron chi connectivity index (χ2n) is 3.07. The molecule has 0 saturated carbocycles. The Morgan fingerprint density at radius 3 is 2.40 bits per heavy atom. The monoisotopic (exact) mass is 214 g/mol. The van der Waals surface area contributed by atoms with E-state index in [9.17, 15) is 13.9 Å². The summed E-state index contributed by atoms with van der Waals surface area (Å²) in [6.45, 7) is -0.475. The van der Waals surface area contributed by atoms with E-state index in [0.29, 0.717) is 6.08 Å². The Morgan fingerprint density at radius 1 is 1.27 bits per heavy atom. The van der Waals surface area contributed by atoms with Gasteiger partial charge in [-0.1, -0.05) is 36.4 Å². The van der Waals surface area contributed by atoms with Crippen LogP contribution in [0.15, 0.2) is 42.5 Å². The minimum absolute atomic E-state index is 0.144. The zero-order chi connectivity index (χ0) is 11.3. The van der Waals surface area contributed by atoms with Crippen molar-refractivity contribution < 1.29 is 19.0 Å². The average molecular weight is 214 g/mol. The Labute approximate surface area is 86.5 Å². The lowest BCUT2D eigenvalue weighted by Gasteiger charge is -2.19. The molecule has 1 atom stereocenters. The molecular weight excluding hydrogens is 202 g/mol. The van der Waals surface area contributed by atoms with Gasteiger partial charge in [-0.15, -0.1) is 0 Å². The van der Waals surface area contributed by atoms with Crippen molar-refractivity contribution in [2.75, 3.05) is 6.61 Å². The minimum Gasteiger partial charge on any atom is -0.392 e. The molecular formula is C11H12F2O2. The largest absolute Gasteiger partial charge is 0.392 e. The second-order valence-corrected chi connectivity index (χ2v) is 3.07. The maximum absolute atomic E-state index is 13.2. The van der Waals surface area contributed by atoms with Crippen LogP contribution < -0.4 is 0 Å². The van der Waals surface area contributed by atoms with E-state index in [1.54, 1.807) is 18.2 Å². The van der Waals surface area contributed by atoms with Gasteiger partial charge in [0.15, 0.2) is 0 Å². The maximum atomic E-state index is 13.2. The van der Waals surface area contributed by atoms with Gasteiger partial charge in [-0.25, -0.2) is 0 Å². The van der Waals surface area contributed by atoms with Crippen LogP contribution >= 0.6 is 0 Å². The van der Waals surface area contributed by atoms with Crippen molar-refractivity contribution in [1.82, 2.24) is 0 Å². The molecule has 1 unspecified atom stereocenters. The van der Waals surface area contributed by atoms with Gasteiger partial charge in [-0.05, 0) is 11.6 Å². The lowest BCUT2D eigenvalue weighted by Crippen LogP contribution is -2.23. The van der Waals surface area contributed by atoms with Gasteiger partial charge < -0.3 is 10.2 Å². The number of halogens is 2. The highest BCUT2D eigenvalue weighted by molar-refractivity contribution is 5.21. The molecule has 0 fully saturated rings. The normalized spacial score (nSPS) is 14.4. The Kier molecular flexibility index (Phi) is 3.94. The summed E-state index contributed by atoms with van der Waals surface area (Å²) in [5.41, 5.74) is 0.144. The standard InChI is InChI=1S/C11H12F2O2/c12-11(13,7-4-8-14)10(15)9-5-2-1-3-6-9/h1-7,10,14-15H,8H2/b7-4-. The Balaban J connectivity index is 2.84. The Morgan fingerprint density at radius 2 is 1.87 bits per heavy atom. The maximum Gasteiger partial charge on any atom is 0.295 e. The minimum atomic E-state index is -3.37. The van der Waals surface area contributed by atoms with Gasteiger partial charge in [-0.3, -0.25) is 0 Å². The number of rotatable bonds is 4. The zero-order valence-electron chi connectivity index (χ0n) is 7.98. The summed E-state index contributed by atoms with van der Waals surface area (Å²) in [7, 11) is 0. The van der Waals surface area contributed by atoms with Gasteiger partial charge in [0.2, 0.25) is 0 Å². The van der Waals surface area contributed by atoms with Gasteiger partial charge in [0.1, 0.15) is 6.10 Å². The van der Waals surface area contributed by atoms with Crippen LogP contribution in [-0.4, -0.2) is 22.7 Å². The van der Waals surface area contributed by atoms with Crippen LogP contribution in [0.1, 0.15) is 11.7 Å². The number of hydrogen-bond acceptors (Lipinski definition) is 2. The summed E-state index contributed by atoms with van der Waals surface area (Å²) >= 11 is 0. The average Bonchev–Trinajstić information content (AvgIpc) is 2.26. The summed E-state index contributed by atoms with van der Waals surface area (Å²) in [4.78, 5) is 0. The summed E-state index contributed by atoms with van der Waals surface area (Å²) in [6, 6.07) is 7.67. The van der Waals surface area contributed by atoms with Crippen LogP contribution in [0, 0.1) is 0 Å². The Bertz CT molecular complexity index is 323. The van der Waals surface area contributed by atoms with Crippen molar-refractivity contribution in [3.63, 3.8) is 0 Å². The van der Waals surface area contributed by atoms with Crippen molar-refractivity contribution >= 4 is 0 Å². The fourth-order valence-corrected chi connectivity index (χ4v) is 1.16. The summed E-state index contributed by atoms with van der Waals surface area (Å²) in [6.07, 6.45) is -0.474. The van der Waals surface area contributed by atoms with Gasteiger partial charge in [0, 0.05) is 0 Å². The Hall–Kier alpha value is -1.26. The van der Waals surface area contributed by atoms with E-state index >= 15 is 0 Å². The highest BCUT2D eigenvalue weighted by atomic mass is 19.3. The first-order chi connectivity index (χ1) is 7.08. The SMILES string of the molecule is OC/C=C\C(F)(F)C(O)c1ccccc1. The molecule has 0 spiro atoms. The summed E-state index contributed by atoms with van der Waals surface area (Å²) < 4.78 is 26.5. The van der Waals surface area contributed by atoms with E-state index in [2.05, 4.69) is 0 Å². The molecule has 1 aromatic carbocycles. The quantitative estimate of drug-likeness (QED) is 0.751. The van der Waals surface area contributed by atoms with Crippen molar-refractivity contribution in [3.8, 4) is 0 Å². The fourth-order valence-electron chi connectivity index (χ4n) is 1.16. The van der Waals surface area contributed by atoms with Crippen LogP contribution in [0.4, 0.5) is 8.78 Å². The molecule has 2 nitrogen and oxygen atoms in total. The van der Waals surface area contributed by atoms with E-state index in [0.717, 1.165) is 6.08 Å². The molecule has 0 aliphatic carbocycles. The predicted octanol–water partition coefficient (Wildman–Crippen LogP) is 1.90. The van der Waals surface area contributed by atoms with Gasteiger partial charge in [-0.2, -0.15) is 8.78 Å². The predicted molar refractivity (Wildman–Crippen MR) is 52.6 cm³/mol. The number of aliphatic hydroxyl groups is 2. The van der Waals surface area contributed by atoms with E-state index in [-0.39, 0.29) is 5.56 Å².